The van der Waals surface area contributed by atoms with Gasteiger partial charge in [0.1, 0.15) is 0 Å². The summed E-state index contributed by atoms with van der Waals surface area (Å²) in [5, 5.41) is 3.51. The Balaban J connectivity index is 2.05. The van der Waals surface area contributed by atoms with Crippen LogP contribution < -0.4 is 5.32 Å². The summed E-state index contributed by atoms with van der Waals surface area (Å²) >= 11 is 2.06. The fourth-order valence-corrected chi connectivity index (χ4v) is 4.09. The van der Waals surface area contributed by atoms with Crippen molar-refractivity contribution in [3.8, 4) is 0 Å². The van der Waals surface area contributed by atoms with E-state index >= 15 is 0 Å². The highest BCUT2D eigenvalue weighted by molar-refractivity contribution is 7.12. The first-order chi connectivity index (χ1) is 8.49. The lowest BCUT2D eigenvalue weighted by molar-refractivity contribution is 0.339. The Morgan fingerprint density at radius 1 is 1.28 bits per heavy atom. The van der Waals surface area contributed by atoms with E-state index in [1.54, 1.807) is 15.3 Å². The summed E-state index contributed by atoms with van der Waals surface area (Å²) < 4.78 is 0. The van der Waals surface area contributed by atoms with Crippen molar-refractivity contribution >= 4 is 11.3 Å². The molecular formula is C16H27NS. The zero-order valence-corrected chi connectivity index (χ0v) is 13.1. The molecule has 0 aliphatic heterocycles. The van der Waals surface area contributed by atoms with Crippen molar-refractivity contribution in [1.82, 2.24) is 5.32 Å². The van der Waals surface area contributed by atoms with Crippen molar-refractivity contribution in [3.63, 3.8) is 0 Å². The minimum Gasteiger partial charge on any atom is -0.312 e. The maximum absolute atomic E-state index is 3.51. The van der Waals surface area contributed by atoms with Crippen LogP contribution in [0.5, 0.6) is 0 Å². The Morgan fingerprint density at radius 3 is 2.61 bits per heavy atom. The van der Waals surface area contributed by atoms with Crippen LogP contribution >= 0.6 is 11.3 Å². The maximum atomic E-state index is 3.51. The molecule has 0 aromatic carbocycles. The molecule has 1 aliphatic rings. The van der Waals surface area contributed by atoms with Gasteiger partial charge in [-0.15, -0.1) is 11.3 Å². The minimum atomic E-state index is 0.436. The molecule has 1 aliphatic carbocycles. The van der Waals surface area contributed by atoms with Crippen LogP contribution in [-0.4, -0.2) is 7.05 Å². The molecular weight excluding hydrogens is 238 g/mol. The molecule has 1 aromatic heterocycles. The molecule has 0 spiro atoms. The van der Waals surface area contributed by atoms with Gasteiger partial charge in [-0.3, -0.25) is 0 Å². The number of thiophene rings is 1. The number of fused-ring (bicyclic) bond motifs is 1. The summed E-state index contributed by atoms with van der Waals surface area (Å²) in [6.45, 7) is 7.00. The first-order valence-electron chi connectivity index (χ1n) is 7.28. The van der Waals surface area contributed by atoms with Crippen molar-refractivity contribution in [2.45, 2.75) is 65.3 Å². The second kappa shape index (κ2) is 5.75. The van der Waals surface area contributed by atoms with Gasteiger partial charge in [0.2, 0.25) is 0 Å². The van der Waals surface area contributed by atoms with E-state index in [0.29, 0.717) is 11.5 Å². The molecule has 0 fully saturated rings. The second-order valence-electron chi connectivity index (χ2n) is 6.74. The SMILES string of the molecule is CNC(CCC(C)(C)C)c1cc2c(s1)CCCC2. The second-order valence-corrected chi connectivity index (χ2v) is 7.91. The average Bonchev–Trinajstić information content (AvgIpc) is 2.71. The molecule has 102 valence electrons. The van der Waals surface area contributed by atoms with E-state index in [4.69, 9.17) is 0 Å². The lowest BCUT2D eigenvalue weighted by atomic mass is 9.88. The van der Waals surface area contributed by atoms with E-state index in [9.17, 15) is 0 Å². The van der Waals surface area contributed by atoms with E-state index in [1.165, 1.54) is 38.5 Å². The van der Waals surface area contributed by atoms with Gasteiger partial charge in [-0.25, -0.2) is 0 Å². The number of rotatable bonds is 4. The van der Waals surface area contributed by atoms with E-state index in [1.807, 2.05) is 0 Å². The Hall–Kier alpha value is -0.340. The molecule has 0 amide bonds. The Morgan fingerprint density at radius 2 is 2.00 bits per heavy atom. The zero-order valence-electron chi connectivity index (χ0n) is 12.3. The molecule has 0 saturated heterocycles. The molecule has 0 bridgehead atoms. The van der Waals surface area contributed by atoms with Crippen molar-refractivity contribution in [1.29, 1.82) is 0 Å². The third-order valence-corrected chi connectivity index (χ3v) is 5.24. The van der Waals surface area contributed by atoms with Crippen LogP contribution in [0.4, 0.5) is 0 Å². The van der Waals surface area contributed by atoms with Gasteiger partial charge in [0.05, 0.1) is 0 Å². The summed E-state index contributed by atoms with van der Waals surface area (Å²) in [4.78, 5) is 3.22. The molecule has 0 saturated carbocycles. The highest BCUT2D eigenvalue weighted by atomic mass is 32.1. The molecule has 1 heterocycles. The van der Waals surface area contributed by atoms with E-state index in [-0.39, 0.29) is 0 Å². The molecule has 0 radical (unpaired) electrons. The molecule has 2 heteroatoms. The van der Waals surface area contributed by atoms with Crippen molar-refractivity contribution < 1.29 is 0 Å². The fourth-order valence-electron chi connectivity index (χ4n) is 2.69. The first-order valence-corrected chi connectivity index (χ1v) is 8.10. The summed E-state index contributed by atoms with van der Waals surface area (Å²) in [5.41, 5.74) is 2.07. The van der Waals surface area contributed by atoms with Gasteiger partial charge in [-0.05, 0) is 62.6 Å². The summed E-state index contributed by atoms with van der Waals surface area (Å²) in [5.74, 6) is 0. The zero-order chi connectivity index (χ0) is 13.2. The van der Waals surface area contributed by atoms with Gasteiger partial charge in [-0.2, -0.15) is 0 Å². The molecule has 1 unspecified atom stereocenters. The van der Waals surface area contributed by atoms with Crippen LogP contribution in [0.2, 0.25) is 0 Å². The normalized spacial score (nSPS) is 17.6. The topological polar surface area (TPSA) is 12.0 Å². The predicted octanol–water partition coefficient (Wildman–Crippen LogP) is 4.71. The highest BCUT2D eigenvalue weighted by Crippen LogP contribution is 2.35. The van der Waals surface area contributed by atoms with Crippen molar-refractivity contribution in [3.05, 3.63) is 21.4 Å². The van der Waals surface area contributed by atoms with Crippen LogP contribution in [0.15, 0.2) is 6.07 Å². The van der Waals surface area contributed by atoms with E-state index < -0.39 is 0 Å². The summed E-state index contributed by atoms with van der Waals surface area (Å²) in [7, 11) is 2.10. The standard InChI is InChI=1S/C16H27NS/c1-16(2,3)10-9-13(17-4)15-11-12-7-5-6-8-14(12)18-15/h11,13,17H,5-10H2,1-4H3. The van der Waals surface area contributed by atoms with E-state index in [2.05, 4.69) is 50.5 Å². The third-order valence-electron chi connectivity index (χ3n) is 3.89. The van der Waals surface area contributed by atoms with Gasteiger partial charge < -0.3 is 5.32 Å². The Labute approximate surface area is 116 Å². The monoisotopic (exact) mass is 265 g/mol. The minimum absolute atomic E-state index is 0.436. The lowest BCUT2D eigenvalue weighted by Gasteiger charge is -2.22. The van der Waals surface area contributed by atoms with Crippen LogP contribution in [0.1, 0.15) is 67.8 Å². The van der Waals surface area contributed by atoms with E-state index in [0.717, 1.165) is 0 Å². The van der Waals surface area contributed by atoms with Gasteiger partial charge in [0, 0.05) is 15.8 Å². The van der Waals surface area contributed by atoms with Gasteiger partial charge in [-0.1, -0.05) is 20.8 Å². The van der Waals surface area contributed by atoms with Gasteiger partial charge in [0.25, 0.3) is 0 Å². The van der Waals surface area contributed by atoms with Crippen LogP contribution in [0.25, 0.3) is 0 Å². The largest absolute Gasteiger partial charge is 0.312 e. The Bertz CT molecular complexity index is 363. The van der Waals surface area contributed by atoms with Crippen LogP contribution in [0, 0.1) is 5.41 Å². The van der Waals surface area contributed by atoms with Crippen LogP contribution in [0.3, 0.4) is 0 Å². The fraction of sp³-hybridized carbons (Fsp3) is 0.750. The predicted molar refractivity (Wildman–Crippen MR) is 81.5 cm³/mol. The third kappa shape index (κ3) is 3.58. The lowest BCUT2D eigenvalue weighted by Crippen LogP contribution is -2.18. The summed E-state index contributed by atoms with van der Waals surface area (Å²) in [6.07, 6.45) is 7.92. The first kappa shape index (κ1) is 14.1. The van der Waals surface area contributed by atoms with Gasteiger partial charge in [0.15, 0.2) is 0 Å². The maximum Gasteiger partial charge on any atom is 0.0412 e. The smallest absolute Gasteiger partial charge is 0.0412 e. The Kier molecular flexibility index (Phi) is 4.50. The molecule has 1 atom stereocenters. The molecule has 1 nitrogen and oxygen atoms in total. The number of hydrogen-bond donors (Lipinski definition) is 1. The van der Waals surface area contributed by atoms with Crippen molar-refractivity contribution in [2.24, 2.45) is 5.41 Å². The number of hydrogen-bond acceptors (Lipinski definition) is 2. The van der Waals surface area contributed by atoms with Crippen molar-refractivity contribution in [2.75, 3.05) is 7.05 Å². The number of nitrogens with one attached hydrogen (secondary N) is 1. The highest BCUT2D eigenvalue weighted by Gasteiger charge is 2.20. The van der Waals surface area contributed by atoms with Gasteiger partial charge >= 0.3 is 0 Å². The molecule has 2 rings (SSSR count). The molecule has 1 N–H and O–H groups in total. The molecule has 18 heavy (non-hydrogen) atoms. The van der Waals surface area contributed by atoms with Crippen LogP contribution in [-0.2, 0) is 12.8 Å². The molecule has 1 aromatic rings. The average molecular weight is 265 g/mol. The quantitative estimate of drug-likeness (QED) is 0.831. The number of aryl methyl sites for hydroxylation is 2. The summed E-state index contributed by atoms with van der Waals surface area (Å²) in [6, 6.07) is 3.03.